The zero-order chi connectivity index (χ0) is 19.7. The van der Waals surface area contributed by atoms with E-state index in [1.807, 2.05) is 20.8 Å². The summed E-state index contributed by atoms with van der Waals surface area (Å²) in [5.41, 5.74) is 1.56. The van der Waals surface area contributed by atoms with Crippen LogP contribution in [-0.4, -0.2) is 27.7 Å². The molecule has 3 rings (SSSR count). The molecule has 0 bridgehead atoms. The molecule has 2 aromatic heterocycles. The third kappa shape index (κ3) is 3.66. The number of methoxy groups -OCH3 is 1. The summed E-state index contributed by atoms with van der Waals surface area (Å²) >= 11 is 2.87. The molecule has 0 aliphatic rings. The van der Waals surface area contributed by atoms with Crippen LogP contribution < -0.4 is 10.3 Å². The number of aromatic nitrogens is 2. The minimum atomic E-state index is -0.309. The fourth-order valence-electron chi connectivity index (χ4n) is 2.85. The molecular formula is C20H22N2O3S2. The fourth-order valence-corrected chi connectivity index (χ4v) is 4.98. The highest BCUT2D eigenvalue weighted by atomic mass is 32.2. The van der Waals surface area contributed by atoms with Crippen molar-refractivity contribution in [3.63, 3.8) is 0 Å². The van der Waals surface area contributed by atoms with Gasteiger partial charge in [0.2, 0.25) is 0 Å². The predicted molar refractivity (Wildman–Crippen MR) is 112 cm³/mol. The first-order valence-electron chi connectivity index (χ1n) is 8.69. The zero-order valence-corrected chi connectivity index (χ0v) is 17.7. The molecule has 27 heavy (non-hydrogen) atoms. The molecule has 0 fully saturated rings. The van der Waals surface area contributed by atoms with Crippen LogP contribution >= 0.6 is 23.1 Å². The van der Waals surface area contributed by atoms with Crippen LogP contribution in [0.15, 0.2) is 34.2 Å². The van der Waals surface area contributed by atoms with Gasteiger partial charge in [-0.25, -0.2) is 4.98 Å². The molecule has 0 amide bonds. The van der Waals surface area contributed by atoms with Gasteiger partial charge in [-0.05, 0) is 50.1 Å². The summed E-state index contributed by atoms with van der Waals surface area (Å²) in [6.07, 6.45) is 0.645. The smallest absolute Gasteiger partial charge is 0.262 e. The van der Waals surface area contributed by atoms with Gasteiger partial charge in [0.15, 0.2) is 10.9 Å². The van der Waals surface area contributed by atoms with E-state index in [2.05, 4.69) is 4.98 Å². The Balaban J connectivity index is 1.95. The van der Waals surface area contributed by atoms with Gasteiger partial charge in [-0.2, -0.15) is 0 Å². The normalized spacial score (nSPS) is 12.3. The first kappa shape index (κ1) is 19.6. The van der Waals surface area contributed by atoms with Gasteiger partial charge in [0.25, 0.3) is 5.56 Å². The Morgan fingerprint density at radius 3 is 2.56 bits per heavy atom. The van der Waals surface area contributed by atoms with Crippen molar-refractivity contribution in [2.75, 3.05) is 7.11 Å². The first-order valence-corrected chi connectivity index (χ1v) is 10.4. The number of Topliss-reactive ketones (excluding diaryl/α,β-unsaturated/α-hetero) is 1. The van der Waals surface area contributed by atoms with Crippen LogP contribution in [0.2, 0.25) is 0 Å². The molecule has 1 aromatic carbocycles. The lowest BCUT2D eigenvalue weighted by Gasteiger charge is -2.15. The van der Waals surface area contributed by atoms with Crippen LogP contribution in [0.1, 0.15) is 34.1 Å². The molecule has 142 valence electrons. The number of hydrogen-bond donors (Lipinski definition) is 0. The maximum atomic E-state index is 12.9. The number of carbonyl (C=O) groups excluding carboxylic acids is 1. The highest BCUT2D eigenvalue weighted by molar-refractivity contribution is 8.00. The van der Waals surface area contributed by atoms with Crippen molar-refractivity contribution < 1.29 is 9.53 Å². The largest absolute Gasteiger partial charge is 0.497 e. The van der Waals surface area contributed by atoms with Crippen LogP contribution in [0.4, 0.5) is 0 Å². The fraction of sp³-hybridized carbons (Fsp3) is 0.350. The monoisotopic (exact) mass is 402 g/mol. The molecule has 5 nitrogen and oxygen atoms in total. The van der Waals surface area contributed by atoms with Crippen LogP contribution in [-0.2, 0) is 7.05 Å². The summed E-state index contributed by atoms with van der Waals surface area (Å²) in [6, 6.07) is 7.10. The highest BCUT2D eigenvalue weighted by Gasteiger charge is 2.23. The number of ether oxygens (including phenoxy) is 1. The Kier molecular flexibility index (Phi) is 5.72. The van der Waals surface area contributed by atoms with Gasteiger partial charge in [-0.15, -0.1) is 11.3 Å². The van der Waals surface area contributed by atoms with E-state index in [0.29, 0.717) is 28.3 Å². The molecule has 1 unspecified atom stereocenters. The van der Waals surface area contributed by atoms with E-state index in [0.717, 1.165) is 15.3 Å². The lowest BCUT2D eigenvalue weighted by molar-refractivity contribution is 0.0988. The molecule has 0 aliphatic heterocycles. The van der Waals surface area contributed by atoms with Crippen molar-refractivity contribution >= 4 is 39.1 Å². The maximum absolute atomic E-state index is 12.9. The Hall–Kier alpha value is -2.12. The van der Waals surface area contributed by atoms with Crippen molar-refractivity contribution in [1.82, 2.24) is 9.55 Å². The number of thiophene rings is 1. The number of aryl methyl sites for hydroxylation is 2. The quantitative estimate of drug-likeness (QED) is 0.348. The standard InChI is InChI=1S/C20H22N2O3S2/c1-6-15(17(23)13-7-9-14(25-5)10-8-13)27-20-21-18-16(19(24)22(20)4)11(2)12(3)26-18/h7-10,15H,6H2,1-5H3. The Morgan fingerprint density at radius 1 is 1.30 bits per heavy atom. The number of fused-ring (bicyclic) bond motifs is 1. The number of ketones is 1. The number of carbonyl (C=O) groups is 1. The lowest BCUT2D eigenvalue weighted by Crippen LogP contribution is -2.23. The van der Waals surface area contributed by atoms with Crippen LogP contribution in [0, 0.1) is 13.8 Å². The number of hydrogen-bond acceptors (Lipinski definition) is 6. The number of rotatable bonds is 6. The van der Waals surface area contributed by atoms with E-state index in [1.165, 1.54) is 23.1 Å². The summed E-state index contributed by atoms with van der Waals surface area (Å²) in [5.74, 6) is 0.739. The molecule has 2 heterocycles. The highest BCUT2D eigenvalue weighted by Crippen LogP contribution is 2.31. The van der Waals surface area contributed by atoms with Crippen molar-refractivity contribution in [3.05, 3.63) is 50.6 Å². The molecule has 1 atom stereocenters. The van der Waals surface area contributed by atoms with E-state index in [1.54, 1.807) is 43.0 Å². The average Bonchev–Trinajstić information content (AvgIpc) is 2.96. The maximum Gasteiger partial charge on any atom is 0.262 e. The molecule has 7 heteroatoms. The Labute approximate surface area is 166 Å². The molecular weight excluding hydrogens is 380 g/mol. The molecule has 0 saturated carbocycles. The van der Waals surface area contributed by atoms with Crippen molar-refractivity contribution in [2.24, 2.45) is 7.05 Å². The SMILES string of the molecule is CCC(Sc1nc2sc(C)c(C)c2c(=O)n1C)C(=O)c1ccc(OC)cc1. The molecule has 0 aliphatic carbocycles. The summed E-state index contributed by atoms with van der Waals surface area (Å²) < 4.78 is 6.70. The minimum absolute atomic E-state index is 0.0260. The van der Waals surface area contributed by atoms with E-state index < -0.39 is 0 Å². The van der Waals surface area contributed by atoms with Gasteiger partial charge >= 0.3 is 0 Å². The van der Waals surface area contributed by atoms with E-state index in [-0.39, 0.29) is 16.6 Å². The summed E-state index contributed by atoms with van der Waals surface area (Å²) in [6.45, 7) is 5.91. The minimum Gasteiger partial charge on any atom is -0.497 e. The Bertz CT molecular complexity index is 1050. The van der Waals surface area contributed by atoms with Gasteiger partial charge < -0.3 is 4.74 Å². The molecule has 0 radical (unpaired) electrons. The molecule has 0 saturated heterocycles. The number of thioether (sulfide) groups is 1. The van der Waals surface area contributed by atoms with Crippen LogP contribution in [0.25, 0.3) is 10.2 Å². The van der Waals surface area contributed by atoms with Gasteiger partial charge in [0.05, 0.1) is 17.7 Å². The number of nitrogens with zero attached hydrogens (tertiary/aromatic N) is 2. The summed E-state index contributed by atoms with van der Waals surface area (Å²) in [4.78, 5) is 32.2. The summed E-state index contributed by atoms with van der Waals surface area (Å²) in [5, 5.41) is 0.942. The van der Waals surface area contributed by atoms with E-state index >= 15 is 0 Å². The van der Waals surface area contributed by atoms with E-state index in [4.69, 9.17) is 4.74 Å². The van der Waals surface area contributed by atoms with Gasteiger partial charge in [-0.3, -0.25) is 14.2 Å². The van der Waals surface area contributed by atoms with E-state index in [9.17, 15) is 9.59 Å². The molecule has 3 aromatic rings. The third-order valence-electron chi connectivity index (χ3n) is 4.65. The van der Waals surface area contributed by atoms with Crippen molar-refractivity contribution in [1.29, 1.82) is 0 Å². The van der Waals surface area contributed by atoms with Crippen LogP contribution in [0.5, 0.6) is 5.75 Å². The van der Waals surface area contributed by atoms with Gasteiger partial charge in [0, 0.05) is 17.5 Å². The second kappa shape index (κ2) is 7.86. The zero-order valence-electron chi connectivity index (χ0n) is 16.0. The predicted octanol–water partition coefficient (Wildman–Crippen LogP) is 4.37. The Morgan fingerprint density at radius 2 is 1.96 bits per heavy atom. The molecule has 0 N–H and O–H groups in total. The lowest BCUT2D eigenvalue weighted by atomic mass is 10.1. The second-order valence-corrected chi connectivity index (χ2v) is 8.70. The third-order valence-corrected chi connectivity index (χ3v) is 7.16. The number of benzene rings is 1. The topological polar surface area (TPSA) is 61.2 Å². The molecule has 0 spiro atoms. The first-order chi connectivity index (χ1) is 12.9. The van der Waals surface area contributed by atoms with Crippen LogP contribution in [0.3, 0.4) is 0 Å². The van der Waals surface area contributed by atoms with Crippen molar-refractivity contribution in [3.8, 4) is 5.75 Å². The summed E-state index contributed by atoms with van der Waals surface area (Å²) in [7, 11) is 3.31. The average molecular weight is 403 g/mol. The second-order valence-electron chi connectivity index (χ2n) is 6.33. The van der Waals surface area contributed by atoms with Crippen molar-refractivity contribution in [2.45, 2.75) is 37.6 Å². The van der Waals surface area contributed by atoms with Gasteiger partial charge in [0.1, 0.15) is 10.6 Å². The van der Waals surface area contributed by atoms with Gasteiger partial charge in [-0.1, -0.05) is 18.7 Å².